The molecular weight excluding hydrogens is 154 g/mol. The molecule has 0 spiro atoms. The lowest BCUT2D eigenvalue weighted by Gasteiger charge is -1.98. The molecule has 1 aliphatic rings. The Morgan fingerprint density at radius 2 is 2.25 bits per heavy atom. The Bertz CT molecular complexity index is 333. The van der Waals surface area contributed by atoms with Crippen LogP contribution in [-0.2, 0) is 13.0 Å². The zero-order valence-electron chi connectivity index (χ0n) is 6.58. The lowest BCUT2D eigenvalue weighted by atomic mass is 10.2. The molecule has 0 saturated heterocycles. The minimum Gasteiger partial charge on any atom is -0.390 e. The van der Waals surface area contributed by atoms with Crippen LogP contribution in [0.1, 0.15) is 28.2 Å². The van der Waals surface area contributed by atoms with E-state index >= 15 is 0 Å². The zero-order valence-corrected chi connectivity index (χ0v) is 6.58. The molecule has 2 rings (SSSR count). The van der Waals surface area contributed by atoms with E-state index in [-0.39, 0.29) is 12.4 Å². The minimum absolute atomic E-state index is 0.0541. The van der Waals surface area contributed by atoms with Crippen molar-refractivity contribution in [3.63, 3.8) is 0 Å². The molecule has 3 nitrogen and oxygen atoms in total. The number of carbonyl (C=O) groups excluding carboxylic acids is 1. The highest BCUT2D eigenvalue weighted by Crippen LogP contribution is 2.19. The Morgan fingerprint density at radius 1 is 1.42 bits per heavy atom. The van der Waals surface area contributed by atoms with Gasteiger partial charge < -0.3 is 5.11 Å². The van der Waals surface area contributed by atoms with E-state index in [1.807, 2.05) is 0 Å². The van der Waals surface area contributed by atoms with Crippen LogP contribution in [0.5, 0.6) is 0 Å². The van der Waals surface area contributed by atoms with Gasteiger partial charge in [-0.25, -0.2) is 0 Å². The van der Waals surface area contributed by atoms with Gasteiger partial charge in [0.2, 0.25) is 0 Å². The van der Waals surface area contributed by atoms with Crippen LogP contribution in [0.2, 0.25) is 0 Å². The molecule has 1 aliphatic carbocycles. The zero-order chi connectivity index (χ0) is 8.55. The number of Topliss-reactive ketones (excluding diaryl/α,β-unsaturated/α-hetero) is 1. The average molecular weight is 163 g/mol. The van der Waals surface area contributed by atoms with E-state index < -0.39 is 0 Å². The number of nitrogens with zero attached hydrogens (tertiary/aromatic N) is 1. The normalized spacial score (nSPS) is 14.9. The maximum Gasteiger partial charge on any atom is 0.165 e. The molecule has 12 heavy (non-hydrogen) atoms. The fourth-order valence-electron chi connectivity index (χ4n) is 1.45. The van der Waals surface area contributed by atoms with E-state index in [2.05, 4.69) is 4.98 Å². The van der Waals surface area contributed by atoms with Gasteiger partial charge in [-0.15, -0.1) is 0 Å². The third-order valence-electron chi connectivity index (χ3n) is 2.08. The van der Waals surface area contributed by atoms with Crippen LogP contribution in [-0.4, -0.2) is 15.9 Å². The average Bonchev–Trinajstić information content (AvgIpc) is 2.47. The molecule has 1 aromatic heterocycles. The molecule has 0 radical (unpaired) electrons. The van der Waals surface area contributed by atoms with E-state index in [0.29, 0.717) is 12.1 Å². The van der Waals surface area contributed by atoms with Gasteiger partial charge in [-0.2, -0.15) is 0 Å². The van der Waals surface area contributed by atoms with Gasteiger partial charge in [0.1, 0.15) is 0 Å². The number of rotatable bonds is 1. The standard InChI is InChI=1S/C9H9NO2/c11-5-6-1-2-7-8(10-6)3-4-9(7)12/h1-2,11H,3-5H2. The largest absolute Gasteiger partial charge is 0.390 e. The summed E-state index contributed by atoms with van der Waals surface area (Å²) in [6.45, 7) is -0.0541. The second-order valence-electron chi connectivity index (χ2n) is 2.88. The number of carbonyl (C=O) groups is 1. The Balaban J connectivity index is 2.48. The molecule has 1 N–H and O–H groups in total. The highest BCUT2D eigenvalue weighted by atomic mass is 16.3. The number of aryl methyl sites for hydroxylation is 1. The third kappa shape index (κ3) is 1.02. The molecule has 62 valence electrons. The van der Waals surface area contributed by atoms with Crippen molar-refractivity contribution in [1.29, 1.82) is 0 Å². The first-order chi connectivity index (χ1) is 5.81. The van der Waals surface area contributed by atoms with Gasteiger partial charge in [0.25, 0.3) is 0 Å². The molecule has 3 heteroatoms. The number of aromatic nitrogens is 1. The second-order valence-corrected chi connectivity index (χ2v) is 2.88. The minimum atomic E-state index is -0.0541. The fraction of sp³-hybridized carbons (Fsp3) is 0.333. The lowest BCUT2D eigenvalue weighted by molar-refractivity contribution is 0.0994. The monoisotopic (exact) mass is 163 g/mol. The van der Waals surface area contributed by atoms with Crippen LogP contribution in [0.4, 0.5) is 0 Å². The SMILES string of the molecule is O=C1CCc2nc(CO)ccc21. The van der Waals surface area contributed by atoms with Crippen molar-refractivity contribution in [2.45, 2.75) is 19.4 Å². The quantitative estimate of drug-likeness (QED) is 0.663. The molecule has 0 atom stereocenters. The number of hydrogen-bond donors (Lipinski definition) is 1. The highest BCUT2D eigenvalue weighted by molar-refractivity contribution is 5.99. The van der Waals surface area contributed by atoms with Gasteiger partial charge in [0, 0.05) is 12.0 Å². The van der Waals surface area contributed by atoms with Crippen molar-refractivity contribution < 1.29 is 9.90 Å². The summed E-state index contributed by atoms with van der Waals surface area (Å²) < 4.78 is 0. The highest BCUT2D eigenvalue weighted by Gasteiger charge is 2.20. The fourth-order valence-corrected chi connectivity index (χ4v) is 1.45. The maximum atomic E-state index is 11.2. The Morgan fingerprint density at radius 3 is 3.00 bits per heavy atom. The summed E-state index contributed by atoms with van der Waals surface area (Å²) in [5, 5.41) is 8.79. The Kier molecular flexibility index (Phi) is 1.66. The second kappa shape index (κ2) is 2.68. The molecule has 0 fully saturated rings. The summed E-state index contributed by atoms with van der Waals surface area (Å²) in [5.41, 5.74) is 2.21. The Labute approximate surface area is 70.1 Å². The molecule has 0 aromatic carbocycles. The first-order valence-electron chi connectivity index (χ1n) is 3.94. The molecule has 0 amide bonds. The number of fused-ring (bicyclic) bond motifs is 1. The number of ketones is 1. The van der Waals surface area contributed by atoms with E-state index in [1.54, 1.807) is 12.1 Å². The number of pyridine rings is 1. The van der Waals surface area contributed by atoms with Gasteiger partial charge in [-0.1, -0.05) is 0 Å². The summed E-state index contributed by atoms with van der Waals surface area (Å²) in [5.74, 6) is 0.169. The van der Waals surface area contributed by atoms with Crippen LogP contribution in [0.3, 0.4) is 0 Å². The van der Waals surface area contributed by atoms with Crippen molar-refractivity contribution in [3.8, 4) is 0 Å². The topological polar surface area (TPSA) is 50.2 Å². The maximum absolute atomic E-state index is 11.2. The van der Waals surface area contributed by atoms with Crippen LogP contribution >= 0.6 is 0 Å². The van der Waals surface area contributed by atoms with Gasteiger partial charge >= 0.3 is 0 Å². The number of aliphatic hydroxyl groups is 1. The molecule has 0 aliphatic heterocycles. The first-order valence-corrected chi connectivity index (χ1v) is 3.94. The predicted octanol–water partition coefficient (Wildman–Crippen LogP) is 0.703. The van der Waals surface area contributed by atoms with Crippen LogP contribution < -0.4 is 0 Å². The van der Waals surface area contributed by atoms with Crippen molar-refractivity contribution in [2.75, 3.05) is 0 Å². The van der Waals surface area contributed by atoms with Crippen molar-refractivity contribution in [1.82, 2.24) is 4.98 Å². The van der Waals surface area contributed by atoms with E-state index in [0.717, 1.165) is 17.7 Å². The third-order valence-corrected chi connectivity index (χ3v) is 2.08. The van der Waals surface area contributed by atoms with E-state index in [9.17, 15) is 4.79 Å². The molecule has 1 heterocycles. The lowest BCUT2D eigenvalue weighted by Crippen LogP contribution is -1.96. The molecule has 0 unspecified atom stereocenters. The van der Waals surface area contributed by atoms with Gasteiger partial charge in [-0.3, -0.25) is 9.78 Å². The van der Waals surface area contributed by atoms with Crippen LogP contribution in [0.15, 0.2) is 12.1 Å². The van der Waals surface area contributed by atoms with Crippen molar-refractivity contribution >= 4 is 5.78 Å². The van der Waals surface area contributed by atoms with Crippen LogP contribution in [0, 0.1) is 0 Å². The predicted molar refractivity (Wildman–Crippen MR) is 42.8 cm³/mol. The van der Waals surface area contributed by atoms with Gasteiger partial charge in [0.15, 0.2) is 5.78 Å². The molecular formula is C9H9NO2. The first kappa shape index (κ1) is 7.43. The molecule has 0 saturated carbocycles. The number of aliphatic hydroxyl groups excluding tert-OH is 1. The van der Waals surface area contributed by atoms with Crippen molar-refractivity contribution in [3.05, 3.63) is 29.1 Å². The summed E-state index contributed by atoms with van der Waals surface area (Å²) in [6, 6.07) is 3.45. The van der Waals surface area contributed by atoms with Gasteiger partial charge in [0.05, 0.1) is 18.0 Å². The summed E-state index contributed by atoms with van der Waals surface area (Å²) >= 11 is 0. The molecule has 0 bridgehead atoms. The smallest absolute Gasteiger partial charge is 0.165 e. The summed E-state index contributed by atoms with van der Waals surface area (Å²) in [6.07, 6.45) is 1.29. The molecule has 1 aromatic rings. The van der Waals surface area contributed by atoms with Crippen LogP contribution in [0.25, 0.3) is 0 Å². The van der Waals surface area contributed by atoms with Gasteiger partial charge in [-0.05, 0) is 18.6 Å². The van der Waals surface area contributed by atoms with Crippen molar-refractivity contribution in [2.24, 2.45) is 0 Å². The summed E-state index contributed by atoms with van der Waals surface area (Å²) in [7, 11) is 0. The Hall–Kier alpha value is -1.22. The van der Waals surface area contributed by atoms with E-state index in [1.165, 1.54) is 0 Å². The number of hydrogen-bond acceptors (Lipinski definition) is 3. The van der Waals surface area contributed by atoms with E-state index in [4.69, 9.17) is 5.11 Å². The summed E-state index contributed by atoms with van der Waals surface area (Å²) in [4.78, 5) is 15.3.